The van der Waals surface area contributed by atoms with Crippen molar-refractivity contribution < 1.29 is 13.2 Å². The first-order valence-corrected chi connectivity index (χ1v) is 7.63. The minimum Gasteiger partial charge on any atom is -0.399 e. The molecule has 0 aromatic heterocycles. The molecule has 0 saturated carbocycles. The monoisotopic (exact) mass is 289 g/mol. The van der Waals surface area contributed by atoms with E-state index in [0.29, 0.717) is 5.69 Å². The third-order valence-corrected chi connectivity index (χ3v) is 6.18. The van der Waals surface area contributed by atoms with E-state index in [4.69, 9.17) is 17.3 Å². The number of ketones is 1. The molecule has 1 rings (SSSR count). The molecule has 0 bridgehead atoms. The fraction of sp³-hybridized carbons (Fsp3) is 0.417. The lowest BCUT2D eigenvalue weighted by Crippen LogP contribution is -2.41. The Hall–Kier alpha value is -1.07. The Morgan fingerprint density at radius 2 is 2.00 bits per heavy atom. The summed E-state index contributed by atoms with van der Waals surface area (Å²) < 4.78 is 22.0. The van der Waals surface area contributed by atoms with Crippen LogP contribution in [0.2, 0.25) is 0 Å². The van der Waals surface area contributed by atoms with Gasteiger partial charge in [0.25, 0.3) is 0 Å². The van der Waals surface area contributed by atoms with Crippen LogP contribution < -0.4 is 5.73 Å². The van der Waals surface area contributed by atoms with Crippen molar-refractivity contribution in [3.63, 3.8) is 0 Å². The molecule has 6 heteroatoms. The summed E-state index contributed by atoms with van der Waals surface area (Å²) >= 11 is 6.07. The number of anilines is 1. The van der Waals surface area contributed by atoms with E-state index >= 15 is 0 Å². The van der Waals surface area contributed by atoms with Crippen molar-refractivity contribution >= 4 is 32.9 Å². The van der Waals surface area contributed by atoms with E-state index in [1.54, 1.807) is 19.1 Å². The van der Waals surface area contributed by atoms with Crippen LogP contribution >= 0.6 is 11.6 Å². The highest BCUT2D eigenvalue weighted by atomic mass is 35.5. The van der Waals surface area contributed by atoms with Gasteiger partial charge < -0.3 is 5.73 Å². The molecule has 0 saturated heterocycles. The molecule has 1 aromatic carbocycles. The van der Waals surface area contributed by atoms with E-state index in [1.807, 2.05) is 0 Å². The molecule has 0 spiro atoms. The molecular weight excluding hydrogens is 274 g/mol. The number of Topliss-reactive ketones (excluding diaryl/α,β-unsaturated/α-hetero) is 1. The number of sulfone groups is 1. The van der Waals surface area contributed by atoms with Crippen LogP contribution in [0.15, 0.2) is 24.3 Å². The maximum atomic E-state index is 12.3. The quantitative estimate of drug-likeness (QED) is 0.512. The molecule has 4 nitrogen and oxygen atoms in total. The molecule has 0 heterocycles. The zero-order valence-corrected chi connectivity index (χ0v) is 11.9. The van der Waals surface area contributed by atoms with Crippen molar-refractivity contribution in [3.05, 3.63) is 29.8 Å². The molecule has 0 unspecified atom stereocenters. The molecule has 2 N–H and O–H groups in total. The summed E-state index contributed by atoms with van der Waals surface area (Å²) in [6.45, 7) is 3.04. The van der Waals surface area contributed by atoms with Gasteiger partial charge in [-0.15, -0.1) is 0 Å². The Morgan fingerprint density at radius 3 is 2.44 bits per heavy atom. The van der Waals surface area contributed by atoms with Gasteiger partial charge in [0.1, 0.15) is 0 Å². The summed E-state index contributed by atoms with van der Waals surface area (Å²) in [6, 6.07) is 6.15. The summed E-state index contributed by atoms with van der Waals surface area (Å²) in [6.07, 6.45) is 0.0123. The fourth-order valence-corrected chi connectivity index (χ4v) is 3.38. The van der Waals surface area contributed by atoms with Crippen LogP contribution in [0, 0.1) is 0 Å². The van der Waals surface area contributed by atoms with E-state index in [1.165, 1.54) is 19.1 Å². The number of halogens is 1. The lowest BCUT2D eigenvalue weighted by molar-refractivity contribution is 0.0970. The van der Waals surface area contributed by atoms with E-state index in [-0.39, 0.29) is 17.7 Å². The standard InChI is InChI=1S/C12H16ClNO3S/c1-3-12(13,18(16,17)4-2)11(15)9-6-5-7-10(14)8-9/h5-8H,3-4,14H2,1-2H3/t12-/m1/s1. The number of alkyl halides is 1. The van der Waals surface area contributed by atoms with Gasteiger partial charge in [0, 0.05) is 17.0 Å². The Labute approximate surface area is 112 Å². The van der Waals surface area contributed by atoms with Crippen molar-refractivity contribution in [1.29, 1.82) is 0 Å². The fourth-order valence-electron chi connectivity index (χ4n) is 1.65. The second-order valence-corrected chi connectivity index (χ2v) is 7.31. The molecule has 0 radical (unpaired) electrons. The molecular formula is C12H16ClNO3S. The zero-order chi connectivity index (χ0) is 14.0. The Balaban J connectivity index is 3.31. The summed E-state index contributed by atoms with van der Waals surface area (Å²) in [5, 5.41) is 0. The largest absolute Gasteiger partial charge is 0.399 e. The van der Waals surface area contributed by atoms with Gasteiger partial charge in [-0.1, -0.05) is 37.6 Å². The second-order valence-electron chi connectivity index (χ2n) is 3.94. The predicted octanol–water partition coefficient (Wildman–Crippen LogP) is 2.23. The van der Waals surface area contributed by atoms with Crippen molar-refractivity contribution in [2.75, 3.05) is 11.5 Å². The lowest BCUT2D eigenvalue weighted by atomic mass is 10.1. The summed E-state index contributed by atoms with van der Waals surface area (Å²) in [7, 11) is -3.70. The summed E-state index contributed by atoms with van der Waals surface area (Å²) in [5.41, 5.74) is 6.18. The first-order chi connectivity index (χ1) is 8.28. The third-order valence-electron chi connectivity index (χ3n) is 2.82. The number of hydrogen-bond donors (Lipinski definition) is 1. The van der Waals surface area contributed by atoms with Crippen LogP contribution in [0.4, 0.5) is 5.69 Å². The summed E-state index contributed by atoms with van der Waals surface area (Å²) in [4.78, 5) is 12.3. The molecule has 0 aliphatic heterocycles. The normalized spacial score (nSPS) is 15.1. The van der Waals surface area contributed by atoms with E-state index in [9.17, 15) is 13.2 Å². The molecule has 1 aromatic rings. The van der Waals surface area contributed by atoms with Crippen LogP contribution in [-0.4, -0.2) is 24.2 Å². The minimum absolute atomic E-state index is 0.0123. The average molecular weight is 290 g/mol. The Kier molecular flexibility index (Phi) is 4.40. The van der Waals surface area contributed by atoms with Crippen molar-refractivity contribution in [2.24, 2.45) is 0 Å². The number of nitrogens with two attached hydrogens (primary N) is 1. The van der Waals surface area contributed by atoms with Gasteiger partial charge in [0.15, 0.2) is 15.6 Å². The molecule has 18 heavy (non-hydrogen) atoms. The SMILES string of the molecule is CC[C@](Cl)(C(=O)c1cccc(N)c1)S(=O)(=O)CC. The third kappa shape index (κ3) is 2.52. The maximum Gasteiger partial charge on any atom is 0.207 e. The minimum atomic E-state index is -3.70. The summed E-state index contributed by atoms with van der Waals surface area (Å²) in [5.74, 6) is -0.806. The number of benzene rings is 1. The van der Waals surface area contributed by atoms with E-state index < -0.39 is 19.8 Å². The van der Waals surface area contributed by atoms with Crippen molar-refractivity contribution in [2.45, 2.75) is 24.5 Å². The van der Waals surface area contributed by atoms with E-state index in [2.05, 4.69) is 0 Å². The Bertz CT molecular complexity index is 556. The maximum absolute atomic E-state index is 12.3. The van der Waals surface area contributed by atoms with Gasteiger partial charge in [0.2, 0.25) is 4.21 Å². The molecule has 0 aliphatic carbocycles. The van der Waals surface area contributed by atoms with Crippen LogP contribution in [0.5, 0.6) is 0 Å². The zero-order valence-electron chi connectivity index (χ0n) is 10.3. The van der Waals surface area contributed by atoms with Gasteiger partial charge in [0.05, 0.1) is 0 Å². The highest BCUT2D eigenvalue weighted by Gasteiger charge is 2.46. The van der Waals surface area contributed by atoms with Gasteiger partial charge in [-0.2, -0.15) is 0 Å². The molecule has 0 fully saturated rings. The van der Waals surface area contributed by atoms with Crippen LogP contribution in [0.25, 0.3) is 0 Å². The Morgan fingerprint density at radius 1 is 1.39 bits per heavy atom. The highest BCUT2D eigenvalue weighted by Crippen LogP contribution is 2.32. The predicted molar refractivity (Wildman–Crippen MR) is 73.5 cm³/mol. The van der Waals surface area contributed by atoms with Gasteiger partial charge >= 0.3 is 0 Å². The number of nitrogen functional groups attached to an aromatic ring is 1. The first-order valence-electron chi connectivity index (χ1n) is 5.60. The van der Waals surface area contributed by atoms with Crippen LogP contribution in [-0.2, 0) is 9.84 Å². The number of rotatable bonds is 5. The smallest absolute Gasteiger partial charge is 0.207 e. The molecule has 100 valence electrons. The van der Waals surface area contributed by atoms with Crippen molar-refractivity contribution in [3.8, 4) is 0 Å². The van der Waals surface area contributed by atoms with Gasteiger partial charge in [-0.05, 0) is 18.6 Å². The van der Waals surface area contributed by atoms with Crippen LogP contribution in [0.3, 0.4) is 0 Å². The molecule has 1 atom stereocenters. The van der Waals surface area contributed by atoms with Gasteiger partial charge in [-0.25, -0.2) is 8.42 Å². The highest BCUT2D eigenvalue weighted by molar-refractivity contribution is 7.95. The first kappa shape index (κ1) is 15.0. The van der Waals surface area contributed by atoms with E-state index in [0.717, 1.165) is 0 Å². The number of carbonyl (C=O) groups excluding carboxylic acids is 1. The topological polar surface area (TPSA) is 77.2 Å². The lowest BCUT2D eigenvalue weighted by Gasteiger charge is -2.23. The van der Waals surface area contributed by atoms with Gasteiger partial charge in [-0.3, -0.25) is 4.79 Å². The molecule has 0 aliphatic rings. The average Bonchev–Trinajstić information content (AvgIpc) is 2.36. The second kappa shape index (κ2) is 5.28. The number of hydrogen-bond acceptors (Lipinski definition) is 4. The van der Waals surface area contributed by atoms with Crippen molar-refractivity contribution in [1.82, 2.24) is 0 Å². The van der Waals surface area contributed by atoms with Crippen LogP contribution in [0.1, 0.15) is 30.6 Å². The number of carbonyl (C=O) groups is 1. The molecule has 0 amide bonds.